The predicted molar refractivity (Wildman–Crippen MR) is 39.9 cm³/mol. The molecule has 0 heterocycles. The van der Waals surface area contributed by atoms with Crippen LogP contribution in [0.2, 0.25) is 0 Å². The van der Waals surface area contributed by atoms with Gasteiger partial charge in [-0.25, -0.2) is 0 Å². The van der Waals surface area contributed by atoms with Crippen LogP contribution in [-0.4, -0.2) is 18.7 Å². The van der Waals surface area contributed by atoms with E-state index in [-0.39, 0.29) is 12.5 Å². The monoisotopic (exact) mass is 159 g/mol. The van der Waals surface area contributed by atoms with Gasteiger partial charge in [0.25, 0.3) is 0 Å². The van der Waals surface area contributed by atoms with Gasteiger partial charge in [0.05, 0.1) is 6.10 Å². The summed E-state index contributed by atoms with van der Waals surface area (Å²) in [5.41, 5.74) is 0. The number of hydrogen-bond donors (Lipinski definition) is 0. The van der Waals surface area contributed by atoms with Crippen molar-refractivity contribution in [3.8, 4) is 0 Å². The van der Waals surface area contributed by atoms with E-state index in [0.29, 0.717) is 13.0 Å². The first-order chi connectivity index (χ1) is 5.16. The van der Waals surface area contributed by atoms with Gasteiger partial charge in [0.1, 0.15) is 0 Å². The van der Waals surface area contributed by atoms with Crippen LogP contribution in [0.1, 0.15) is 33.1 Å². The van der Waals surface area contributed by atoms with Crippen LogP contribution in [0.5, 0.6) is 0 Å². The van der Waals surface area contributed by atoms with Crippen molar-refractivity contribution in [3.05, 3.63) is 0 Å². The van der Waals surface area contributed by atoms with Crippen molar-refractivity contribution in [1.29, 1.82) is 0 Å². The third kappa shape index (κ3) is 7.33. The molecule has 66 valence electrons. The molecule has 0 aromatic rings. The van der Waals surface area contributed by atoms with Gasteiger partial charge in [-0.3, -0.25) is 0 Å². The molecule has 0 rings (SSSR count). The number of aliphatic carboxylic acids is 1. The number of ether oxygens (including phenoxy) is 1. The lowest BCUT2D eigenvalue weighted by Gasteiger charge is -2.09. The zero-order valence-electron chi connectivity index (χ0n) is 7.13. The fourth-order valence-electron chi connectivity index (χ4n) is 0.619. The number of rotatable bonds is 6. The molecule has 3 nitrogen and oxygen atoms in total. The van der Waals surface area contributed by atoms with Crippen molar-refractivity contribution in [2.75, 3.05) is 6.61 Å². The van der Waals surface area contributed by atoms with Crippen molar-refractivity contribution >= 4 is 5.97 Å². The van der Waals surface area contributed by atoms with E-state index in [0.717, 1.165) is 6.42 Å². The third-order valence-corrected chi connectivity index (χ3v) is 1.50. The van der Waals surface area contributed by atoms with E-state index in [1.807, 2.05) is 13.8 Å². The van der Waals surface area contributed by atoms with E-state index in [9.17, 15) is 9.90 Å². The van der Waals surface area contributed by atoms with Crippen LogP contribution in [0, 0.1) is 0 Å². The van der Waals surface area contributed by atoms with Gasteiger partial charge in [0, 0.05) is 12.6 Å². The van der Waals surface area contributed by atoms with Crippen LogP contribution in [0.4, 0.5) is 0 Å². The summed E-state index contributed by atoms with van der Waals surface area (Å²) < 4.78 is 5.25. The number of carboxylic acids is 1. The Morgan fingerprint density at radius 3 is 2.73 bits per heavy atom. The van der Waals surface area contributed by atoms with Crippen molar-refractivity contribution in [2.24, 2.45) is 0 Å². The van der Waals surface area contributed by atoms with Gasteiger partial charge in [0.15, 0.2) is 0 Å². The second-order valence-corrected chi connectivity index (χ2v) is 2.57. The molecule has 0 amide bonds. The second-order valence-electron chi connectivity index (χ2n) is 2.57. The minimum absolute atomic E-state index is 0.0937. The Kier molecular flexibility index (Phi) is 5.84. The molecule has 0 bridgehead atoms. The van der Waals surface area contributed by atoms with Gasteiger partial charge >= 0.3 is 0 Å². The average Bonchev–Trinajstić information content (AvgIpc) is 1.97. The highest BCUT2D eigenvalue weighted by atomic mass is 16.5. The SMILES string of the molecule is CCC(C)OCCCC(=O)[O-]. The lowest BCUT2D eigenvalue weighted by Crippen LogP contribution is -2.22. The summed E-state index contributed by atoms with van der Waals surface area (Å²) in [5.74, 6) is -1.00. The molecule has 0 saturated heterocycles. The highest BCUT2D eigenvalue weighted by molar-refractivity contribution is 5.64. The molecule has 11 heavy (non-hydrogen) atoms. The van der Waals surface area contributed by atoms with E-state index in [1.54, 1.807) is 0 Å². The van der Waals surface area contributed by atoms with Gasteiger partial charge in [-0.05, 0) is 26.2 Å². The predicted octanol–water partition coefficient (Wildman–Crippen LogP) is 0.332. The van der Waals surface area contributed by atoms with E-state index in [4.69, 9.17) is 4.74 Å². The molecule has 0 aromatic carbocycles. The third-order valence-electron chi connectivity index (χ3n) is 1.50. The Balaban J connectivity index is 3.08. The Hall–Kier alpha value is -0.570. The molecular formula is C8H15O3-. The molecule has 0 aromatic heterocycles. The number of hydrogen-bond acceptors (Lipinski definition) is 3. The van der Waals surface area contributed by atoms with E-state index < -0.39 is 5.97 Å². The fraction of sp³-hybridized carbons (Fsp3) is 0.875. The molecule has 0 spiro atoms. The first kappa shape index (κ1) is 10.4. The lowest BCUT2D eigenvalue weighted by molar-refractivity contribution is -0.306. The summed E-state index contributed by atoms with van der Waals surface area (Å²) in [6.45, 7) is 4.52. The second kappa shape index (κ2) is 6.16. The zero-order valence-corrected chi connectivity index (χ0v) is 7.13. The summed E-state index contributed by atoms with van der Waals surface area (Å²) in [6, 6.07) is 0. The summed E-state index contributed by atoms with van der Waals surface area (Å²) >= 11 is 0. The quantitative estimate of drug-likeness (QED) is 0.525. The smallest absolute Gasteiger partial charge is 0.0544 e. The molecule has 0 aliphatic carbocycles. The molecule has 1 atom stereocenters. The van der Waals surface area contributed by atoms with Crippen molar-refractivity contribution in [3.63, 3.8) is 0 Å². The largest absolute Gasteiger partial charge is 0.550 e. The standard InChI is InChI=1S/C8H16O3/c1-3-7(2)11-6-4-5-8(9)10/h7H,3-6H2,1-2H3,(H,9,10)/p-1. The molecule has 0 radical (unpaired) electrons. The maximum Gasteiger partial charge on any atom is 0.0544 e. The topological polar surface area (TPSA) is 49.4 Å². The highest BCUT2D eigenvalue weighted by Crippen LogP contribution is 1.97. The van der Waals surface area contributed by atoms with Crippen LogP contribution >= 0.6 is 0 Å². The van der Waals surface area contributed by atoms with Gasteiger partial charge in [-0.1, -0.05) is 6.92 Å². The van der Waals surface area contributed by atoms with Crippen molar-refractivity contribution < 1.29 is 14.6 Å². The lowest BCUT2D eigenvalue weighted by atomic mass is 10.3. The molecule has 1 unspecified atom stereocenters. The maximum atomic E-state index is 9.95. The first-order valence-corrected chi connectivity index (χ1v) is 3.98. The molecule has 0 saturated carbocycles. The summed E-state index contributed by atoms with van der Waals surface area (Å²) in [5, 5.41) is 9.95. The van der Waals surface area contributed by atoms with E-state index in [2.05, 4.69) is 0 Å². The summed E-state index contributed by atoms with van der Waals surface area (Å²) in [6.07, 6.45) is 1.84. The summed E-state index contributed by atoms with van der Waals surface area (Å²) in [7, 11) is 0. The summed E-state index contributed by atoms with van der Waals surface area (Å²) in [4.78, 5) is 9.95. The number of carbonyl (C=O) groups excluding carboxylic acids is 1. The van der Waals surface area contributed by atoms with Gasteiger partial charge < -0.3 is 14.6 Å². The molecular weight excluding hydrogens is 144 g/mol. The Morgan fingerprint density at radius 1 is 1.64 bits per heavy atom. The number of carboxylic acid groups (broad SMARTS) is 1. The van der Waals surface area contributed by atoms with Gasteiger partial charge in [-0.15, -0.1) is 0 Å². The van der Waals surface area contributed by atoms with Crippen molar-refractivity contribution in [2.45, 2.75) is 39.2 Å². The normalized spacial score (nSPS) is 12.9. The van der Waals surface area contributed by atoms with Gasteiger partial charge in [0.2, 0.25) is 0 Å². The molecule has 0 N–H and O–H groups in total. The average molecular weight is 159 g/mol. The van der Waals surface area contributed by atoms with Crippen LogP contribution in [0.3, 0.4) is 0 Å². The van der Waals surface area contributed by atoms with Crippen LogP contribution < -0.4 is 5.11 Å². The Labute approximate surface area is 67.4 Å². The molecule has 0 fully saturated rings. The van der Waals surface area contributed by atoms with Crippen LogP contribution in [-0.2, 0) is 9.53 Å². The van der Waals surface area contributed by atoms with Crippen LogP contribution in [0.15, 0.2) is 0 Å². The fourth-order valence-corrected chi connectivity index (χ4v) is 0.619. The first-order valence-electron chi connectivity index (χ1n) is 3.98. The van der Waals surface area contributed by atoms with Crippen LogP contribution in [0.25, 0.3) is 0 Å². The highest BCUT2D eigenvalue weighted by Gasteiger charge is 1.96. The van der Waals surface area contributed by atoms with E-state index >= 15 is 0 Å². The Morgan fingerprint density at radius 2 is 2.27 bits per heavy atom. The minimum Gasteiger partial charge on any atom is -0.550 e. The van der Waals surface area contributed by atoms with Gasteiger partial charge in [-0.2, -0.15) is 0 Å². The molecule has 3 heteroatoms. The Bertz CT molecular complexity index is 112. The van der Waals surface area contributed by atoms with E-state index in [1.165, 1.54) is 0 Å². The number of carbonyl (C=O) groups is 1. The zero-order chi connectivity index (χ0) is 8.69. The molecule has 0 aliphatic heterocycles. The minimum atomic E-state index is -1.00. The maximum absolute atomic E-state index is 9.95. The molecule has 0 aliphatic rings. The van der Waals surface area contributed by atoms with Crippen molar-refractivity contribution in [1.82, 2.24) is 0 Å².